The Balaban J connectivity index is 1.48. The van der Waals surface area contributed by atoms with Crippen molar-refractivity contribution in [3.05, 3.63) is 51.7 Å². The van der Waals surface area contributed by atoms with Crippen molar-refractivity contribution in [1.29, 1.82) is 0 Å². The number of carbonyl (C=O) groups excluding carboxylic acids is 2. The molecule has 156 valence electrons. The van der Waals surface area contributed by atoms with Crippen LogP contribution in [0.2, 0.25) is 0 Å². The SMILES string of the molecule is Cc1ccc(-n2cnnc2SCC(=O)Nc2sc3c(c2C(N)=O)CCCC3)c(C)c1. The minimum absolute atomic E-state index is 0.157. The maximum atomic E-state index is 12.6. The van der Waals surface area contributed by atoms with Crippen LogP contribution in [0.15, 0.2) is 29.7 Å². The van der Waals surface area contributed by atoms with Gasteiger partial charge in [0.1, 0.15) is 11.3 Å². The minimum Gasteiger partial charge on any atom is -0.365 e. The van der Waals surface area contributed by atoms with Gasteiger partial charge in [-0.05, 0) is 56.7 Å². The van der Waals surface area contributed by atoms with E-state index in [1.54, 1.807) is 6.33 Å². The predicted octanol–water partition coefficient (Wildman–Crippen LogP) is 3.65. The van der Waals surface area contributed by atoms with Gasteiger partial charge in [-0.3, -0.25) is 14.2 Å². The zero-order chi connectivity index (χ0) is 21.3. The van der Waals surface area contributed by atoms with Crippen LogP contribution in [0, 0.1) is 13.8 Å². The van der Waals surface area contributed by atoms with Gasteiger partial charge in [-0.1, -0.05) is 29.5 Å². The molecule has 2 amide bonds. The molecule has 0 atom stereocenters. The Hall–Kier alpha value is -2.65. The summed E-state index contributed by atoms with van der Waals surface area (Å²) in [6.07, 6.45) is 5.57. The first-order valence-electron chi connectivity index (χ1n) is 9.78. The number of nitrogens with two attached hydrogens (primary N) is 1. The minimum atomic E-state index is -0.480. The van der Waals surface area contributed by atoms with Crippen molar-refractivity contribution in [3.63, 3.8) is 0 Å². The number of hydrogen-bond donors (Lipinski definition) is 2. The smallest absolute Gasteiger partial charge is 0.251 e. The molecule has 30 heavy (non-hydrogen) atoms. The van der Waals surface area contributed by atoms with Crippen LogP contribution in [-0.4, -0.2) is 32.3 Å². The number of amides is 2. The Morgan fingerprint density at radius 1 is 1.27 bits per heavy atom. The van der Waals surface area contributed by atoms with Crippen molar-refractivity contribution in [1.82, 2.24) is 14.8 Å². The molecule has 3 aromatic rings. The Labute approximate surface area is 183 Å². The van der Waals surface area contributed by atoms with Gasteiger partial charge in [0.25, 0.3) is 5.91 Å². The molecule has 0 spiro atoms. The van der Waals surface area contributed by atoms with E-state index >= 15 is 0 Å². The highest BCUT2D eigenvalue weighted by Gasteiger charge is 2.25. The van der Waals surface area contributed by atoms with E-state index in [9.17, 15) is 9.59 Å². The van der Waals surface area contributed by atoms with Gasteiger partial charge in [0.15, 0.2) is 5.16 Å². The first-order valence-corrected chi connectivity index (χ1v) is 11.6. The Bertz CT molecular complexity index is 1120. The third-order valence-corrected chi connectivity index (χ3v) is 7.28. The lowest BCUT2D eigenvalue weighted by atomic mass is 9.95. The van der Waals surface area contributed by atoms with E-state index in [0.717, 1.165) is 47.4 Å². The first kappa shape index (κ1) is 20.6. The maximum absolute atomic E-state index is 12.6. The van der Waals surface area contributed by atoms with Gasteiger partial charge in [0, 0.05) is 4.88 Å². The average molecular weight is 442 g/mol. The quantitative estimate of drug-likeness (QED) is 0.568. The molecule has 7 nitrogen and oxygen atoms in total. The van der Waals surface area contributed by atoms with Crippen molar-refractivity contribution in [2.45, 2.75) is 44.7 Å². The van der Waals surface area contributed by atoms with Crippen LogP contribution in [0.3, 0.4) is 0 Å². The largest absolute Gasteiger partial charge is 0.365 e. The van der Waals surface area contributed by atoms with Gasteiger partial charge in [0.2, 0.25) is 5.91 Å². The van der Waals surface area contributed by atoms with E-state index in [-0.39, 0.29) is 11.7 Å². The molecule has 0 saturated carbocycles. The van der Waals surface area contributed by atoms with Gasteiger partial charge in [-0.2, -0.15) is 0 Å². The number of anilines is 1. The van der Waals surface area contributed by atoms with E-state index in [1.165, 1.54) is 28.7 Å². The van der Waals surface area contributed by atoms with Crippen LogP contribution in [-0.2, 0) is 17.6 Å². The molecule has 2 heterocycles. The maximum Gasteiger partial charge on any atom is 0.251 e. The average Bonchev–Trinajstić information content (AvgIpc) is 3.30. The lowest BCUT2D eigenvalue weighted by Crippen LogP contribution is -2.19. The molecule has 3 N–H and O–H groups in total. The summed E-state index contributed by atoms with van der Waals surface area (Å²) in [6.45, 7) is 4.08. The number of nitrogens with zero attached hydrogens (tertiary/aromatic N) is 3. The molecule has 4 rings (SSSR count). The second-order valence-corrected chi connectivity index (χ2v) is 9.44. The topological polar surface area (TPSA) is 103 Å². The molecule has 1 aromatic carbocycles. The predicted molar refractivity (Wildman–Crippen MR) is 120 cm³/mol. The second kappa shape index (κ2) is 8.61. The van der Waals surface area contributed by atoms with Crippen molar-refractivity contribution >= 4 is 39.9 Å². The van der Waals surface area contributed by atoms with E-state index in [1.807, 2.05) is 30.5 Å². The number of carbonyl (C=O) groups is 2. The molecular formula is C21H23N5O2S2. The molecule has 1 aliphatic rings. The summed E-state index contributed by atoms with van der Waals surface area (Å²) in [7, 11) is 0. The number of benzene rings is 1. The van der Waals surface area contributed by atoms with Gasteiger partial charge < -0.3 is 11.1 Å². The van der Waals surface area contributed by atoms with E-state index in [4.69, 9.17) is 5.73 Å². The third-order valence-electron chi connectivity index (χ3n) is 5.13. The van der Waals surface area contributed by atoms with Crippen molar-refractivity contribution in [2.24, 2.45) is 5.73 Å². The number of nitrogens with one attached hydrogen (secondary N) is 1. The number of primary amides is 1. The molecule has 0 radical (unpaired) electrons. The number of aryl methyl sites for hydroxylation is 3. The fraction of sp³-hybridized carbons (Fsp3) is 0.333. The fourth-order valence-electron chi connectivity index (χ4n) is 3.77. The van der Waals surface area contributed by atoms with Gasteiger partial charge in [0.05, 0.1) is 17.0 Å². The van der Waals surface area contributed by atoms with Gasteiger partial charge in [-0.25, -0.2) is 0 Å². The summed E-state index contributed by atoms with van der Waals surface area (Å²) in [4.78, 5) is 25.8. The molecule has 0 bridgehead atoms. The van der Waals surface area contributed by atoms with Crippen LogP contribution in [0.1, 0.15) is 44.8 Å². The summed E-state index contributed by atoms with van der Waals surface area (Å²) in [5.74, 6) is -0.520. The van der Waals surface area contributed by atoms with E-state index in [0.29, 0.717) is 15.7 Å². The summed E-state index contributed by atoms with van der Waals surface area (Å²) in [6, 6.07) is 6.15. The number of rotatable bonds is 6. The summed E-state index contributed by atoms with van der Waals surface area (Å²) < 4.78 is 1.88. The number of thioether (sulfide) groups is 1. The van der Waals surface area contributed by atoms with Crippen molar-refractivity contribution in [2.75, 3.05) is 11.1 Å². The Morgan fingerprint density at radius 3 is 2.83 bits per heavy atom. The molecule has 2 aromatic heterocycles. The Morgan fingerprint density at radius 2 is 2.07 bits per heavy atom. The summed E-state index contributed by atoms with van der Waals surface area (Å²) in [5, 5.41) is 12.3. The molecule has 9 heteroatoms. The van der Waals surface area contributed by atoms with E-state index in [2.05, 4.69) is 21.6 Å². The normalized spacial score (nSPS) is 13.1. The zero-order valence-electron chi connectivity index (χ0n) is 16.9. The molecular weight excluding hydrogens is 418 g/mol. The van der Waals surface area contributed by atoms with Gasteiger partial charge >= 0.3 is 0 Å². The molecule has 0 fully saturated rings. The lowest BCUT2D eigenvalue weighted by molar-refractivity contribution is -0.113. The van der Waals surface area contributed by atoms with Crippen molar-refractivity contribution < 1.29 is 9.59 Å². The van der Waals surface area contributed by atoms with Gasteiger partial charge in [-0.15, -0.1) is 21.5 Å². The summed E-state index contributed by atoms with van der Waals surface area (Å²) in [5.41, 5.74) is 10.4. The van der Waals surface area contributed by atoms with Crippen LogP contribution >= 0.6 is 23.1 Å². The first-order chi connectivity index (χ1) is 14.4. The van der Waals surface area contributed by atoms with E-state index < -0.39 is 5.91 Å². The molecule has 0 aliphatic heterocycles. The van der Waals surface area contributed by atoms with Crippen LogP contribution in [0.5, 0.6) is 0 Å². The van der Waals surface area contributed by atoms with Crippen LogP contribution < -0.4 is 11.1 Å². The number of hydrogen-bond acceptors (Lipinski definition) is 6. The number of aromatic nitrogens is 3. The summed E-state index contributed by atoms with van der Waals surface area (Å²) >= 11 is 2.77. The Kier molecular flexibility index (Phi) is 5.92. The lowest BCUT2D eigenvalue weighted by Gasteiger charge is -2.11. The monoisotopic (exact) mass is 441 g/mol. The molecule has 0 saturated heterocycles. The third kappa shape index (κ3) is 4.13. The number of fused-ring (bicyclic) bond motifs is 1. The van der Waals surface area contributed by atoms with Crippen LogP contribution in [0.4, 0.5) is 5.00 Å². The van der Waals surface area contributed by atoms with Crippen LogP contribution in [0.25, 0.3) is 5.69 Å². The highest BCUT2D eigenvalue weighted by Crippen LogP contribution is 2.38. The second-order valence-electron chi connectivity index (χ2n) is 7.39. The molecule has 1 aliphatic carbocycles. The standard InChI is InChI=1S/C21H23N5O2S2/c1-12-7-8-15(13(2)9-12)26-11-23-25-21(26)29-10-17(27)24-20-18(19(22)28)14-5-3-4-6-16(14)30-20/h7-9,11H,3-6,10H2,1-2H3,(H2,22,28)(H,24,27). The highest BCUT2D eigenvalue weighted by atomic mass is 32.2. The zero-order valence-corrected chi connectivity index (χ0v) is 18.5. The number of thiophene rings is 1. The highest BCUT2D eigenvalue weighted by molar-refractivity contribution is 7.99. The van der Waals surface area contributed by atoms with Crippen molar-refractivity contribution in [3.8, 4) is 5.69 Å². The molecule has 0 unspecified atom stereocenters. The fourth-order valence-corrected chi connectivity index (χ4v) is 5.80.